The van der Waals surface area contributed by atoms with Crippen LogP contribution in [-0.2, 0) is 14.3 Å². The number of carbonyl (C=O) groups excluding carboxylic acids is 2. The van der Waals surface area contributed by atoms with Crippen LogP contribution >= 0.6 is 15.9 Å². The van der Waals surface area contributed by atoms with E-state index in [0.717, 1.165) is 0 Å². The summed E-state index contributed by atoms with van der Waals surface area (Å²) in [5.74, 6) is -0.999. The van der Waals surface area contributed by atoms with Crippen molar-refractivity contribution < 1.29 is 24.2 Å². The number of likely N-dealkylation sites (tertiary alicyclic amines) is 1. The number of hydrogen-bond acceptors (Lipinski definition) is 6. The Bertz CT molecular complexity index is 945. The molecule has 8 heteroatoms. The quantitative estimate of drug-likeness (QED) is 0.295. The van der Waals surface area contributed by atoms with Crippen molar-refractivity contribution in [3.63, 3.8) is 0 Å². The number of pyridine rings is 1. The van der Waals surface area contributed by atoms with E-state index in [-0.39, 0.29) is 11.3 Å². The number of nitrogens with zero attached hydrogens (tertiary/aromatic N) is 2. The maximum atomic E-state index is 12.9. The predicted octanol–water partition coefficient (Wildman–Crippen LogP) is 3.31. The Morgan fingerprint density at radius 3 is 2.55 bits per heavy atom. The Morgan fingerprint density at radius 1 is 1.21 bits per heavy atom. The molecule has 0 aliphatic carbocycles. The number of benzene rings is 1. The summed E-state index contributed by atoms with van der Waals surface area (Å²) >= 11 is 3.38. The van der Waals surface area contributed by atoms with Crippen LogP contribution in [0.5, 0.6) is 5.75 Å². The highest BCUT2D eigenvalue weighted by molar-refractivity contribution is 9.10. The van der Waals surface area contributed by atoms with Gasteiger partial charge in [-0.05, 0) is 58.2 Å². The van der Waals surface area contributed by atoms with Crippen molar-refractivity contribution in [1.29, 1.82) is 0 Å². The molecule has 152 valence electrons. The minimum absolute atomic E-state index is 0.0516. The van der Waals surface area contributed by atoms with Crippen LogP contribution < -0.4 is 4.74 Å². The van der Waals surface area contributed by atoms with Gasteiger partial charge in [0, 0.05) is 38.2 Å². The van der Waals surface area contributed by atoms with E-state index in [1.165, 1.54) is 12.0 Å². The van der Waals surface area contributed by atoms with Crippen LogP contribution in [0.2, 0.25) is 0 Å². The standard InChI is InChI=1S/C21H21BrN2O5/c1-28-11-3-10-24-18(13-6-8-23-9-7-13)17(20(26)21(24)27)19(25)14-4-5-16(29-2)15(22)12-14/h4-9,12,18,25H,3,10-11H2,1-2H3/b19-17-. The van der Waals surface area contributed by atoms with E-state index in [4.69, 9.17) is 9.47 Å². The van der Waals surface area contributed by atoms with E-state index >= 15 is 0 Å². The van der Waals surface area contributed by atoms with Gasteiger partial charge in [0.25, 0.3) is 11.7 Å². The molecule has 7 nitrogen and oxygen atoms in total. The van der Waals surface area contributed by atoms with Crippen LogP contribution in [-0.4, -0.2) is 54.1 Å². The molecule has 0 saturated carbocycles. The second kappa shape index (κ2) is 9.19. The lowest BCUT2D eigenvalue weighted by atomic mass is 9.96. The maximum Gasteiger partial charge on any atom is 0.295 e. The maximum absolute atomic E-state index is 12.9. The molecular formula is C21H21BrN2O5. The Labute approximate surface area is 177 Å². The van der Waals surface area contributed by atoms with E-state index in [9.17, 15) is 14.7 Å². The van der Waals surface area contributed by atoms with Crippen molar-refractivity contribution in [2.75, 3.05) is 27.4 Å². The Kier molecular flexibility index (Phi) is 6.66. The van der Waals surface area contributed by atoms with Crippen molar-refractivity contribution in [3.05, 3.63) is 63.9 Å². The monoisotopic (exact) mass is 460 g/mol. The van der Waals surface area contributed by atoms with Crippen LogP contribution in [0.1, 0.15) is 23.6 Å². The summed E-state index contributed by atoms with van der Waals surface area (Å²) in [6, 6.07) is 7.73. The minimum Gasteiger partial charge on any atom is -0.507 e. The van der Waals surface area contributed by atoms with Gasteiger partial charge in [0.15, 0.2) is 0 Å². The number of ketones is 1. The van der Waals surface area contributed by atoms with Crippen molar-refractivity contribution in [3.8, 4) is 5.75 Å². The van der Waals surface area contributed by atoms with Crippen molar-refractivity contribution in [1.82, 2.24) is 9.88 Å². The molecule has 0 spiro atoms. The number of aromatic nitrogens is 1. The second-order valence-corrected chi connectivity index (χ2v) is 7.32. The minimum atomic E-state index is -0.714. The number of rotatable bonds is 7. The van der Waals surface area contributed by atoms with Crippen molar-refractivity contribution >= 4 is 33.4 Å². The first-order valence-corrected chi connectivity index (χ1v) is 9.80. The fourth-order valence-corrected chi connectivity index (χ4v) is 3.89. The topological polar surface area (TPSA) is 89.0 Å². The fourth-order valence-electron chi connectivity index (χ4n) is 3.35. The lowest BCUT2D eigenvalue weighted by Gasteiger charge is -2.25. The number of halogens is 1. The molecule has 1 unspecified atom stereocenters. The highest BCUT2D eigenvalue weighted by Crippen LogP contribution is 2.40. The summed E-state index contributed by atoms with van der Waals surface area (Å²) < 4.78 is 10.9. The van der Waals surface area contributed by atoms with E-state index in [1.54, 1.807) is 49.8 Å². The fraction of sp³-hybridized carbons (Fsp3) is 0.286. The predicted molar refractivity (Wildman–Crippen MR) is 110 cm³/mol. The molecule has 1 amide bonds. The molecule has 1 N–H and O–H groups in total. The number of hydrogen-bond donors (Lipinski definition) is 1. The van der Waals surface area contributed by atoms with Crippen LogP contribution in [0.15, 0.2) is 52.8 Å². The molecule has 3 rings (SSSR count). The number of aliphatic hydroxyl groups is 1. The molecule has 1 aliphatic heterocycles. The van der Waals surface area contributed by atoms with E-state index < -0.39 is 17.7 Å². The third kappa shape index (κ3) is 4.18. The number of methoxy groups -OCH3 is 2. The molecule has 2 aromatic rings. The van der Waals surface area contributed by atoms with E-state index in [1.807, 2.05) is 0 Å². The number of aliphatic hydroxyl groups excluding tert-OH is 1. The van der Waals surface area contributed by atoms with Gasteiger partial charge < -0.3 is 19.5 Å². The molecule has 1 fully saturated rings. The zero-order valence-corrected chi connectivity index (χ0v) is 17.7. The molecule has 1 aromatic heterocycles. The number of carbonyl (C=O) groups is 2. The highest BCUT2D eigenvalue weighted by atomic mass is 79.9. The summed E-state index contributed by atoms with van der Waals surface area (Å²) in [4.78, 5) is 31.1. The average molecular weight is 461 g/mol. The molecule has 2 heterocycles. The Morgan fingerprint density at radius 2 is 1.93 bits per heavy atom. The third-order valence-corrected chi connectivity index (χ3v) is 5.35. The molecule has 0 radical (unpaired) electrons. The second-order valence-electron chi connectivity index (χ2n) is 6.47. The third-order valence-electron chi connectivity index (χ3n) is 4.73. The lowest BCUT2D eigenvalue weighted by Crippen LogP contribution is -2.31. The number of Topliss-reactive ketones (excluding diaryl/α,β-unsaturated/α-hetero) is 1. The summed E-state index contributed by atoms with van der Waals surface area (Å²) in [6.45, 7) is 0.784. The molecule has 1 aromatic carbocycles. The smallest absolute Gasteiger partial charge is 0.295 e. The van der Waals surface area contributed by atoms with Crippen molar-refractivity contribution in [2.45, 2.75) is 12.5 Å². The van der Waals surface area contributed by atoms with Gasteiger partial charge in [0.05, 0.1) is 23.2 Å². The molecule has 0 bridgehead atoms. The van der Waals surface area contributed by atoms with E-state index in [0.29, 0.717) is 40.9 Å². The average Bonchev–Trinajstić information content (AvgIpc) is 2.99. The van der Waals surface area contributed by atoms with Crippen LogP contribution in [0.4, 0.5) is 0 Å². The van der Waals surface area contributed by atoms with E-state index in [2.05, 4.69) is 20.9 Å². The zero-order valence-electron chi connectivity index (χ0n) is 16.1. The van der Waals surface area contributed by atoms with Gasteiger partial charge in [0.1, 0.15) is 11.5 Å². The Hall–Kier alpha value is -2.71. The summed E-state index contributed by atoms with van der Waals surface area (Å²) in [6.07, 6.45) is 3.75. The largest absolute Gasteiger partial charge is 0.507 e. The number of amides is 1. The van der Waals surface area contributed by atoms with Crippen LogP contribution in [0, 0.1) is 0 Å². The summed E-state index contributed by atoms with van der Waals surface area (Å²) in [5.41, 5.74) is 1.16. The molecule has 1 aliphatic rings. The first-order chi connectivity index (χ1) is 14.0. The molecular weight excluding hydrogens is 440 g/mol. The van der Waals surface area contributed by atoms with Crippen LogP contribution in [0.3, 0.4) is 0 Å². The van der Waals surface area contributed by atoms with Gasteiger partial charge in [-0.2, -0.15) is 0 Å². The normalized spacial score (nSPS) is 18.3. The molecule has 29 heavy (non-hydrogen) atoms. The number of ether oxygens (including phenoxy) is 2. The van der Waals surface area contributed by atoms with Crippen molar-refractivity contribution in [2.24, 2.45) is 0 Å². The van der Waals surface area contributed by atoms with Gasteiger partial charge >= 0.3 is 0 Å². The molecule has 1 atom stereocenters. The zero-order chi connectivity index (χ0) is 21.0. The highest BCUT2D eigenvalue weighted by Gasteiger charge is 2.45. The summed E-state index contributed by atoms with van der Waals surface area (Å²) in [5, 5.41) is 11.0. The van der Waals surface area contributed by atoms with Crippen LogP contribution in [0.25, 0.3) is 5.76 Å². The first kappa shape index (κ1) is 21.0. The van der Waals surface area contributed by atoms with Gasteiger partial charge in [-0.1, -0.05) is 0 Å². The van der Waals surface area contributed by atoms with Gasteiger partial charge in [0.2, 0.25) is 0 Å². The molecule has 1 saturated heterocycles. The van der Waals surface area contributed by atoms with Gasteiger partial charge in [-0.15, -0.1) is 0 Å². The summed E-state index contributed by atoms with van der Waals surface area (Å²) in [7, 11) is 3.12. The lowest BCUT2D eigenvalue weighted by molar-refractivity contribution is -0.140. The Balaban J connectivity index is 2.11. The van der Waals surface area contributed by atoms with Gasteiger partial charge in [-0.25, -0.2) is 0 Å². The van der Waals surface area contributed by atoms with Gasteiger partial charge in [-0.3, -0.25) is 14.6 Å². The first-order valence-electron chi connectivity index (χ1n) is 9.00. The SMILES string of the molecule is COCCCN1C(=O)C(=O)/C(=C(\O)c2ccc(OC)c(Br)c2)C1c1ccncc1.